The maximum atomic E-state index is 10.6. The number of rotatable bonds is 16. The van der Waals surface area contributed by atoms with E-state index in [1.165, 1.54) is 38.9 Å². The molecule has 0 aliphatic heterocycles. The molecule has 0 atom stereocenters. The van der Waals surface area contributed by atoms with Crippen LogP contribution in [0, 0.1) is 0 Å². The summed E-state index contributed by atoms with van der Waals surface area (Å²) in [5.41, 5.74) is 0. The summed E-state index contributed by atoms with van der Waals surface area (Å²) in [5, 5.41) is 0. The summed E-state index contributed by atoms with van der Waals surface area (Å²) in [4.78, 5) is 21.3. The van der Waals surface area contributed by atoms with E-state index in [-0.39, 0.29) is 11.6 Å². The Kier molecular flexibility index (Phi) is 15.2. The van der Waals surface area contributed by atoms with Crippen molar-refractivity contribution in [2.24, 2.45) is 0 Å². The second-order valence-electron chi connectivity index (χ2n) is 4.55. The first-order chi connectivity index (χ1) is 11.1. The zero-order chi connectivity index (χ0) is 17.2. The lowest BCUT2D eigenvalue weighted by atomic mass is 10.3. The molecular weight excluding hydrogens is 304 g/mol. The highest BCUT2D eigenvalue weighted by Gasteiger charge is 1.93. The third kappa shape index (κ3) is 20.1. The van der Waals surface area contributed by atoms with E-state index >= 15 is 0 Å². The van der Waals surface area contributed by atoms with Crippen molar-refractivity contribution in [1.29, 1.82) is 0 Å². The molecule has 0 radical (unpaired) electrons. The molecule has 0 amide bonds. The van der Waals surface area contributed by atoms with Crippen LogP contribution in [-0.4, -0.2) is 51.2 Å². The molecule has 23 heavy (non-hydrogen) atoms. The normalized spacial score (nSPS) is 11.0. The molecule has 0 aromatic carbocycles. The molecule has 0 spiro atoms. The highest BCUT2D eigenvalue weighted by molar-refractivity contribution is 5.75. The van der Waals surface area contributed by atoms with E-state index in [1.807, 2.05) is 0 Å². The van der Waals surface area contributed by atoms with Gasteiger partial charge in [-0.15, -0.1) is 0 Å². The summed E-state index contributed by atoms with van der Waals surface area (Å²) in [6.07, 6.45) is 6.35. The van der Waals surface area contributed by atoms with Gasteiger partial charge < -0.3 is 23.7 Å². The van der Waals surface area contributed by atoms with Crippen LogP contribution >= 0.6 is 0 Å². The Morgan fingerprint density at radius 1 is 0.652 bits per heavy atom. The average molecular weight is 330 g/mol. The molecule has 0 saturated carbocycles. The van der Waals surface area contributed by atoms with Crippen LogP contribution in [0.4, 0.5) is 0 Å². The molecule has 0 bridgehead atoms. The molecule has 0 aromatic rings. The first-order valence-electron chi connectivity index (χ1n) is 7.46. The van der Waals surface area contributed by atoms with Crippen LogP contribution in [0.3, 0.4) is 0 Å². The molecule has 0 rings (SSSR count). The summed E-state index contributed by atoms with van der Waals surface area (Å²) in [6.45, 7) is 5.48. The van der Waals surface area contributed by atoms with E-state index < -0.39 is 0 Å². The number of Topliss-reactive ketones (excluding diaryl/α,β-unsaturated/α-hetero) is 2. The van der Waals surface area contributed by atoms with Gasteiger partial charge in [-0.2, -0.15) is 0 Å². The smallest absolute Gasteiger partial charge is 0.132 e. The van der Waals surface area contributed by atoms with E-state index in [4.69, 9.17) is 23.7 Å². The molecular formula is C16H26O7. The second kappa shape index (κ2) is 16.5. The molecule has 0 heterocycles. The minimum Gasteiger partial charge on any atom is -0.496 e. The van der Waals surface area contributed by atoms with Crippen LogP contribution in [0.25, 0.3) is 0 Å². The van der Waals surface area contributed by atoms with Crippen molar-refractivity contribution in [2.75, 3.05) is 39.6 Å². The van der Waals surface area contributed by atoms with Crippen LogP contribution in [0.5, 0.6) is 0 Å². The van der Waals surface area contributed by atoms with Crippen molar-refractivity contribution >= 4 is 11.6 Å². The van der Waals surface area contributed by atoms with Crippen molar-refractivity contribution < 1.29 is 33.3 Å². The summed E-state index contributed by atoms with van der Waals surface area (Å²) < 4.78 is 25.5. The Morgan fingerprint density at radius 2 is 1.09 bits per heavy atom. The van der Waals surface area contributed by atoms with Gasteiger partial charge in [0, 0.05) is 12.8 Å². The van der Waals surface area contributed by atoms with Gasteiger partial charge in [0.25, 0.3) is 0 Å². The third-order valence-electron chi connectivity index (χ3n) is 2.35. The van der Waals surface area contributed by atoms with E-state index in [1.54, 1.807) is 0 Å². The topological polar surface area (TPSA) is 80.3 Å². The minimum absolute atomic E-state index is 0.107. The van der Waals surface area contributed by atoms with Crippen molar-refractivity contribution in [2.45, 2.75) is 26.7 Å². The molecule has 132 valence electrons. The highest BCUT2D eigenvalue weighted by atomic mass is 16.5. The Labute approximate surface area is 137 Å². The standard InChI is InChI=1S/C16H26O7/c1-15(17)3-5-19-7-9-21-11-13-23-14-12-22-10-8-20-6-4-16(2)18/h11-14H,3-10H2,1-2H3. The van der Waals surface area contributed by atoms with Gasteiger partial charge >= 0.3 is 0 Å². The van der Waals surface area contributed by atoms with E-state index in [0.29, 0.717) is 52.5 Å². The summed E-state index contributed by atoms with van der Waals surface area (Å²) in [6, 6.07) is 0. The average Bonchev–Trinajstić information content (AvgIpc) is 2.49. The van der Waals surface area contributed by atoms with Crippen molar-refractivity contribution in [1.82, 2.24) is 0 Å². The molecule has 0 aliphatic carbocycles. The van der Waals surface area contributed by atoms with Gasteiger partial charge in [-0.05, 0) is 13.8 Å². The van der Waals surface area contributed by atoms with Gasteiger partial charge in [0.2, 0.25) is 0 Å². The predicted octanol–water partition coefficient (Wildman–Crippen LogP) is 1.97. The van der Waals surface area contributed by atoms with Gasteiger partial charge in [0.15, 0.2) is 0 Å². The van der Waals surface area contributed by atoms with Gasteiger partial charge in [0.05, 0.1) is 26.4 Å². The molecule has 7 heteroatoms. The van der Waals surface area contributed by atoms with Crippen molar-refractivity contribution in [3.63, 3.8) is 0 Å². The zero-order valence-electron chi connectivity index (χ0n) is 13.8. The second-order valence-corrected chi connectivity index (χ2v) is 4.55. The molecule has 7 nitrogen and oxygen atoms in total. The van der Waals surface area contributed by atoms with E-state index in [2.05, 4.69) is 0 Å². The predicted molar refractivity (Wildman–Crippen MR) is 83.5 cm³/mol. The van der Waals surface area contributed by atoms with Gasteiger partial charge in [-0.1, -0.05) is 0 Å². The van der Waals surface area contributed by atoms with Crippen molar-refractivity contribution in [3.8, 4) is 0 Å². The molecule has 0 unspecified atom stereocenters. The van der Waals surface area contributed by atoms with Crippen LogP contribution < -0.4 is 0 Å². The number of ketones is 2. The number of hydrogen-bond donors (Lipinski definition) is 0. The first kappa shape index (κ1) is 21.1. The highest BCUT2D eigenvalue weighted by Crippen LogP contribution is 1.88. The maximum absolute atomic E-state index is 10.6. The molecule has 0 N–H and O–H groups in total. The Morgan fingerprint density at radius 3 is 1.48 bits per heavy atom. The number of carbonyl (C=O) groups excluding carboxylic acids is 2. The SMILES string of the molecule is CC(=O)CCOCCOC=COC=COCCOCCC(C)=O. The Bertz CT molecular complexity index is 329. The van der Waals surface area contributed by atoms with Crippen molar-refractivity contribution in [3.05, 3.63) is 25.0 Å². The number of hydrogen-bond acceptors (Lipinski definition) is 7. The Hall–Kier alpha value is -1.86. The summed E-state index contributed by atoms with van der Waals surface area (Å²) in [7, 11) is 0. The number of carbonyl (C=O) groups is 2. The molecule has 0 fully saturated rings. The van der Waals surface area contributed by atoms with E-state index in [0.717, 1.165) is 0 Å². The maximum Gasteiger partial charge on any atom is 0.132 e. The summed E-state index contributed by atoms with van der Waals surface area (Å²) in [5.74, 6) is 0.215. The lowest BCUT2D eigenvalue weighted by Crippen LogP contribution is -2.05. The van der Waals surface area contributed by atoms with Crippen LogP contribution in [0.1, 0.15) is 26.7 Å². The molecule has 0 aliphatic rings. The van der Waals surface area contributed by atoms with Crippen LogP contribution in [0.2, 0.25) is 0 Å². The monoisotopic (exact) mass is 330 g/mol. The van der Waals surface area contributed by atoms with Gasteiger partial charge in [0.1, 0.15) is 49.8 Å². The fraction of sp³-hybridized carbons (Fsp3) is 0.625. The molecule has 0 aromatic heterocycles. The fourth-order valence-corrected chi connectivity index (χ4v) is 1.17. The largest absolute Gasteiger partial charge is 0.496 e. The Balaban J connectivity index is 3.23. The van der Waals surface area contributed by atoms with E-state index in [9.17, 15) is 9.59 Å². The van der Waals surface area contributed by atoms with Crippen LogP contribution in [0.15, 0.2) is 25.0 Å². The number of ether oxygens (including phenoxy) is 5. The van der Waals surface area contributed by atoms with Crippen LogP contribution in [-0.2, 0) is 33.3 Å². The quantitative estimate of drug-likeness (QED) is 0.316. The summed E-state index contributed by atoms with van der Waals surface area (Å²) >= 11 is 0. The lowest BCUT2D eigenvalue weighted by molar-refractivity contribution is -0.119. The van der Waals surface area contributed by atoms with Gasteiger partial charge in [-0.3, -0.25) is 9.59 Å². The molecule has 0 saturated heterocycles. The zero-order valence-corrected chi connectivity index (χ0v) is 13.8. The first-order valence-corrected chi connectivity index (χ1v) is 7.46. The fourth-order valence-electron chi connectivity index (χ4n) is 1.17. The minimum atomic E-state index is 0.107. The lowest BCUT2D eigenvalue weighted by Gasteiger charge is -2.02. The van der Waals surface area contributed by atoms with Gasteiger partial charge in [-0.25, -0.2) is 0 Å². The third-order valence-corrected chi connectivity index (χ3v) is 2.35.